The Kier molecular flexibility index (Phi) is 5.50. The normalized spacial score (nSPS) is 16.6. The fourth-order valence-corrected chi connectivity index (χ4v) is 2.84. The van der Waals surface area contributed by atoms with Crippen LogP contribution in [0.4, 0.5) is 0 Å². The average molecular weight is 343 g/mol. The molecule has 25 heavy (non-hydrogen) atoms. The minimum Gasteiger partial charge on any atom is -0.496 e. The number of esters is 1. The summed E-state index contributed by atoms with van der Waals surface area (Å²) in [5, 5.41) is 4.58. The summed E-state index contributed by atoms with van der Waals surface area (Å²) in [5.74, 6) is -0.512. The van der Waals surface area contributed by atoms with E-state index in [1.165, 1.54) is 7.11 Å². The summed E-state index contributed by atoms with van der Waals surface area (Å²) in [6, 6.07) is 11.1. The molecule has 0 bridgehead atoms. The van der Waals surface area contributed by atoms with Gasteiger partial charge in [0.2, 0.25) is 0 Å². The van der Waals surface area contributed by atoms with Crippen molar-refractivity contribution >= 4 is 22.6 Å². The van der Waals surface area contributed by atoms with Crippen molar-refractivity contribution in [2.45, 2.75) is 18.9 Å². The molecule has 0 saturated carbocycles. The van der Waals surface area contributed by atoms with Crippen LogP contribution in [0, 0.1) is 0 Å². The Hall–Kier alpha value is -2.60. The van der Waals surface area contributed by atoms with Gasteiger partial charge in [-0.05, 0) is 35.7 Å². The van der Waals surface area contributed by atoms with E-state index in [1.54, 1.807) is 12.1 Å². The van der Waals surface area contributed by atoms with Crippen molar-refractivity contribution in [1.82, 2.24) is 5.32 Å². The largest absolute Gasteiger partial charge is 0.496 e. The van der Waals surface area contributed by atoms with Crippen LogP contribution in [0.15, 0.2) is 36.4 Å². The molecule has 0 aliphatic carbocycles. The fourth-order valence-electron chi connectivity index (χ4n) is 2.84. The monoisotopic (exact) mass is 343 g/mol. The van der Waals surface area contributed by atoms with Gasteiger partial charge in [0, 0.05) is 13.2 Å². The summed E-state index contributed by atoms with van der Waals surface area (Å²) < 4.78 is 15.8. The van der Waals surface area contributed by atoms with Crippen LogP contribution in [0.5, 0.6) is 5.75 Å². The van der Waals surface area contributed by atoms with Crippen molar-refractivity contribution in [3.05, 3.63) is 42.0 Å². The number of benzene rings is 2. The molecule has 0 spiro atoms. The lowest BCUT2D eigenvalue weighted by atomic mass is 10.1. The predicted molar refractivity (Wildman–Crippen MR) is 92.8 cm³/mol. The third kappa shape index (κ3) is 4.28. The molecule has 1 aliphatic heterocycles. The first-order valence-electron chi connectivity index (χ1n) is 8.29. The maximum absolute atomic E-state index is 12.3. The van der Waals surface area contributed by atoms with Crippen molar-refractivity contribution in [2.24, 2.45) is 0 Å². The van der Waals surface area contributed by atoms with Crippen molar-refractivity contribution in [3.63, 3.8) is 0 Å². The molecule has 1 fully saturated rings. The minimum absolute atomic E-state index is 0.0558. The molecule has 2 aromatic carbocycles. The molecule has 1 saturated heterocycles. The second-order valence-corrected chi connectivity index (χ2v) is 5.91. The molecule has 1 atom stereocenters. The number of ether oxygens (including phenoxy) is 3. The average Bonchev–Trinajstić information content (AvgIpc) is 3.16. The summed E-state index contributed by atoms with van der Waals surface area (Å²) in [5.41, 5.74) is 0.299. The number of carbonyl (C=O) groups is 2. The third-order valence-electron chi connectivity index (χ3n) is 4.17. The highest BCUT2D eigenvalue weighted by atomic mass is 16.5. The maximum atomic E-state index is 12.3. The zero-order valence-electron chi connectivity index (χ0n) is 14.1. The number of fused-ring (bicyclic) bond motifs is 1. The van der Waals surface area contributed by atoms with E-state index in [0.717, 1.165) is 30.2 Å². The number of rotatable bonds is 6. The second-order valence-electron chi connectivity index (χ2n) is 5.91. The van der Waals surface area contributed by atoms with E-state index in [2.05, 4.69) is 5.32 Å². The molecule has 0 unspecified atom stereocenters. The van der Waals surface area contributed by atoms with E-state index in [9.17, 15) is 9.59 Å². The zero-order chi connectivity index (χ0) is 17.6. The zero-order valence-corrected chi connectivity index (χ0v) is 14.1. The first kappa shape index (κ1) is 17.2. The van der Waals surface area contributed by atoms with Gasteiger partial charge in [0.25, 0.3) is 5.91 Å². The van der Waals surface area contributed by atoms with Gasteiger partial charge in [0.15, 0.2) is 6.61 Å². The number of methoxy groups -OCH3 is 1. The van der Waals surface area contributed by atoms with E-state index in [0.29, 0.717) is 17.9 Å². The molecule has 6 nitrogen and oxygen atoms in total. The van der Waals surface area contributed by atoms with E-state index in [-0.39, 0.29) is 18.6 Å². The molecule has 1 N–H and O–H groups in total. The number of carbonyl (C=O) groups excluding carboxylic acids is 2. The summed E-state index contributed by atoms with van der Waals surface area (Å²) >= 11 is 0. The predicted octanol–water partition coefficient (Wildman–Crippen LogP) is 2.30. The number of hydrogen-bond acceptors (Lipinski definition) is 5. The molecule has 1 amide bonds. The van der Waals surface area contributed by atoms with Gasteiger partial charge in [-0.3, -0.25) is 4.79 Å². The lowest BCUT2D eigenvalue weighted by Gasteiger charge is -2.12. The SMILES string of the molecule is COc1cc2ccccc2cc1C(=O)OCC(=O)NC[C@@H]1CCCO1. The van der Waals surface area contributed by atoms with E-state index < -0.39 is 5.97 Å². The molecule has 0 aromatic heterocycles. The first-order chi connectivity index (χ1) is 12.2. The van der Waals surface area contributed by atoms with Crippen molar-refractivity contribution in [2.75, 3.05) is 26.9 Å². The van der Waals surface area contributed by atoms with Crippen LogP contribution in [0.3, 0.4) is 0 Å². The summed E-state index contributed by atoms with van der Waals surface area (Å²) in [4.78, 5) is 24.2. The lowest BCUT2D eigenvalue weighted by Crippen LogP contribution is -2.34. The Balaban J connectivity index is 1.60. The smallest absolute Gasteiger partial charge is 0.342 e. The van der Waals surface area contributed by atoms with Crippen LogP contribution in [0.2, 0.25) is 0 Å². The molecule has 1 aliphatic rings. The van der Waals surface area contributed by atoms with Gasteiger partial charge in [-0.2, -0.15) is 0 Å². The lowest BCUT2D eigenvalue weighted by molar-refractivity contribution is -0.124. The second kappa shape index (κ2) is 7.98. The van der Waals surface area contributed by atoms with Gasteiger partial charge in [-0.1, -0.05) is 24.3 Å². The van der Waals surface area contributed by atoms with Crippen molar-refractivity contribution in [3.8, 4) is 5.75 Å². The Morgan fingerprint density at radius 1 is 1.24 bits per heavy atom. The maximum Gasteiger partial charge on any atom is 0.342 e. The van der Waals surface area contributed by atoms with Gasteiger partial charge in [-0.25, -0.2) is 4.79 Å². The third-order valence-corrected chi connectivity index (χ3v) is 4.17. The van der Waals surface area contributed by atoms with Gasteiger partial charge in [-0.15, -0.1) is 0 Å². The standard InChI is InChI=1S/C19H21NO5/c1-23-17-10-14-6-3-2-5-13(14)9-16(17)19(22)25-12-18(21)20-11-15-7-4-8-24-15/h2-3,5-6,9-10,15H,4,7-8,11-12H2,1H3,(H,20,21)/t15-/m0/s1. The van der Waals surface area contributed by atoms with E-state index >= 15 is 0 Å². The highest BCUT2D eigenvalue weighted by molar-refractivity contribution is 5.99. The number of hydrogen-bond donors (Lipinski definition) is 1. The van der Waals surface area contributed by atoms with Crippen LogP contribution in [-0.4, -0.2) is 44.8 Å². The quantitative estimate of drug-likeness (QED) is 0.815. The highest BCUT2D eigenvalue weighted by Gasteiger charge is 2.18. The van der Waals surface area contributed by atoms with Crippen LogP contribution < -0.4 is 10.1 Å². The molecule has 0 radical (unpaired) electrons. The van der Waals surface area contributed by atoms with E-state index in [4.69, 9.17) is 14.2 Å². The highest BCUT2D eigenvalue weighted by Crippen LogP contribution is 2.26. The van der Waals surface area contributed by atoms with Crippen LogP contribution in [0.1, 0.15) is 23.2 Å². The number of amides is 1. The van der Waals surface area contributed by atoms with Crippen LogP contribution in [0.25, 0.3) is 10.8 Å². The Labute approximate surface area is 146 Å². The van der Waals surface area contributed by atoms with Gasteiger partial charge < -0.3 is 19.5 Å². The Bertz CT molecular complexity index is 767. The molecule has 6 heteroatoms. The summed E-state index contributed by atoms with van der Waals surface area (Å²) in [6.07, 6.45) is 2.01. The number of nitrogens with one attached hydrogen (secondary N) is 1. The minimum atomic E-state index is -0.588. The Morgan fingerprint density at radius 3 is 2.68 bits per heavy atom. The molecular formula is C19H21NO5. The van der Waals surface area contributed by atoms with Gasteiger partial charge in [0.05, 0.1) is 13.2 Å². The van der Waals surface area contributed by atoms with Crippen molar-refractivity contribution in [1.29, 1.82) is 0 Å². The topological polar surface area (TPSA) is 73.9 Å². The van der Waals surface area contributed by atoms with Gasteiger partial charge >= 0.3 is 5.97 Å². The van der Waals surface area contributed by atoms with Crippen LogP contribution in [-0.2, 0) is 14.3 Å². The van der Waals surface area contributed by atoms with E-state index in [1.807, 2.05) is 24.3 Å². The molecule has 132 valence electrons. The molecule has 3 rings (SSSR count). The van der Waals surface area contributed by atoms with Gasteiger partial charge in [0.1, 0.15) is 11.3 Å². The van der Waals surface area contributed by atoms with Crippen molar-refractivity contribution < 1.29 is 23.8 Å². The summed E-state index contributed by atoms with van der Waals surface area (Å²) in [7, 11) is 1.50. The molecule has 1 heterocycles. The molecule has 2 aromatic rings. The Morgan fingerprint density at radius 2 is 2.00 bits per heavy atom. The fraction of sp³-hybridized carbons (Fsp3) is 0.368. The first-order valence-corrected chi connectivity index (χ1v) is 8.29. The van der Waals surface area contributed by atoms with Crippen LogP contribution >= 0.6 is 0 Å². The summed E-state index contributed by atoms with van der Waals surface area (Å²) in [6.45, 7) is 0.842. The molecular weight excluding hydrogens is 322 g/mol.